The van der Waals surface area contributed by atoms with Gasteiger partial charge >= 0.3 is 48.9 Å². The number of ether oxygens (including phenoxy) is 2. The fraction of sp³-hybridized carbons (Fsp3) is 0.720. The number of carbonyl (C=O) groups is 2. The quantitative estimate of drug-likeness (QED) is 0.0501. The number of carbonyl (C=O) groups excluding carboxylic acids is 2. The van der Waals surface area contributed by atoms with Gasteiger partial charge < -0.3 is 39.5 Å². The van der Waals surface area contributed by atoms with Crippen molar-refractivity contribution in [3.8, 4) is 0 Å². The van der Waals surface area contributed by atoms with Crippen LogP contribution in [0.4, 0.5) is 0 Å². The predicted octanol–water partition coefficient (Wildman–Crippen LogP) is 9.95. The number of hydrogen-bond acceptors (Lipinski definition) is 8. The maximum atomic E-state index is 11.0. The molecule has 4 atom stereocenters. The van der Waals surface area contributed by atoms with Crippen molar-refractivity contribution in [1.29, 1.82) is 0 Å². The maximum absolute atomic E-state index is 11.0. The van der Waals surface area contributed by atoms with Gasteiger partial charge in [0.2, 0.25) is 0 Å². The van der Waals surface area contributed by atoms with E-state index in [0.717, 1.165) is 88.2 Å². The molecule has 0 spiro atoms. The zero-order chi connectivity index (χ0) is 42.3. The van der Waals surface area contributed by atoms with Gasteiger partial charge in [-0.25, -0.2) is 0 Å². The van der Waals surface area contributed by atoms with Gasteiger partial charge in [0.15, 0.2) is 0 Å². The Bertz CT molecular complexity index is 1110. The van der Waals surface area contributed by atoms with Crippen LogP contribution in [-0.4, -0.2) is 95.4 Å². The first kappa shape index (κ1) is 57.8. The summed E-state index contributed by atoms with van der Waals surface area (Å²) in [5.74, 6) is -2.07. The number of aliphatic hydroxyl groups excluding tert-OH is 2. The van der Waals surface area contributed by atoms with Gasteiger partial charge in [-0.15, -0.1) is 0 Å². The average molecular weight is 949 g/mol. The molecule has 332 valence electrons. The number of aliphatic carboxylic acids is 2. The SMILES string of the molecule is CCC(O)CCCCCCCCCCCCC(CC(=O)[O-])OCc1ccccc1.CCC(O)CCCCCCCCCCCCC(CC(=O)[O-])OCc1ccccc1.[Ba+2]. The molecule has 0 saturated carbocycles. The molecule has 59 heavy (non-hydrogen) atoms. The van der Waals surface area contributed by atoms with E-state index in [1.54, 1.807) is 0 Å². The van der Waals surface area contributed by atoms with Gasteiger partial charge in [-0.2, -0.15) is 0 Å². The third-order valence-electron chi connectivity index (χ3n) is 11.0. The molecule has 0 bridgehead atoms. The van der Waals surface area contributed by atoms with E-state index in [1.165, 1.54) is 89.9 Å². The Morgan fingerprint density at radius 1 is 0.458 bits per heavy atom. The smallest absolute Gasteiger partial charge is 0.550 e. The van der Waals surface area contributed by atoms with Crippen molar-refractivity contribution in [1.82, 2.24) is 0 Å². The molecular weight excluding hydrogens is 866 g/mol. The Kier molecular flexibility index (Phi) is 41.2. The second-order valence-corrected chi connectivity index (χ2v) is 16.3. The van der Waals surface area contributed by atoms with E-state index >= 15 is 0 Å². The van der Waals surface area contributed by atoms with Gasteiger partial charge in [0.25, 0.3) is 0 Å². The van der Waals surface area contributed by atoms with Crippen molar-refractivity contribution in [2.75, 3.05) is 0 Å². The number of aliphatic hydroxyl groups is 2. The van der Waals surface area contributed by atoms with E-state index in [2.05, 4.69) is 0 Å². The topological polar surface area (TPSA) is 139 Å². The Labute approximate surface area is 400 Å². The van der Waals surface area contributed by atoms with Gasteiger partial charge in [0, 0.05) is 24.8 Å². The van der Waals surface area contributed by atoms with Crippen LogP contribution >= 0.6 is 0 Å². The molecule has 0 saturated heterocycles. The summed E-state index contributed by atoms with van der Waals surface area (Å²) in [6.07, 6.45) is 28.7. The van der Waals surface area contributed by atoms with Crippen LogP contribution in [0.3, 0.4) is 0 Å². The average Bonchev–Trinajstić information content (AvgIpc) is 3.22. The van der Waals surface area contributed by atoms with Crippen LogP contribution in [0.1, 0.15) is 205 Å². The normalized spacial score (nSPS) is 13.1. The summed E-state index contributed by atoms with van der Waals surface area (Å²) in [6.45, 7) is 4.98. The molecule has 0 amide bonds. The molecule has 9 heteroatoms. The molecule has 0 fully saturated rings. The minimum Gasteiger partial charge on any atom is -0.550 e. The van der Waals surface area contributed by atoms with Crippen molar-refractivity contribution in [3.63, 3.8) is 0 Å². The summed E-state index contributed by atoms with van der Waals surface area (Å²) >= 11 is 0. The Balaban J connectivity index is 0.00000112. The van der Waals surface area contributed by atoms with Gasteiger partial charge in [0.05, 0.1) is 37.6 Å². The molecule has 2 rings (SSSR count). The zero-order valence-electron chi connectivity index (χ0n) is 37.3. The minimum atomic E-state index is -1.03. The number of carboxylic acid groups (broad SMARTS) is 2. The number of unbranched alkanes of at least 4 members (excludes halogenated alkanes) is 18. The summed E-state index contributed by atoms with van der Waals surface area (Å²) in [5.41, 5.74) is 2.13. The largest absolute Gasteiger partial charge is 2.00 e. The first-order chi connectivity index (χ1) is 28.2. The number of rotatable bonds is 38. The molecule has 0 aliphatic carbocycles. The molecule has 0 aliphatic heterocycles. The summed E-state index contributed by atoms with van der Waals surface area (Å²) < 4.78 is 11.6. The van der Waals surface area contributed by atoms with Crippen molar-refractivity contribution in [2.45, 2.75) is 231 Å². The predicted molar refractivity (Wildman–Crippen MR) is 238 cm³/mol. The summed E-state index contributed by atoms with van der Waals surface area (Å²) in [5, 5.41) is 41.0. The van der Waals surface area contributed by atoms with Crippen molar-refractivity contribution in [3.05, 3.63) is 71.8 Å². The van der Waals surface area contributed by atoms with Gasteiger partial charge in [-0.3, -0.25) is 0 Å². The van der Waals surface area contributed by atoms with Crippen LogP contribution in [0, 0.1) is 0 Å². The van der Waals surface area contributed by atoms with Crippen molar-refractivity contribution < 1.29 is 39.5 Å². The Morgan fingerprint density at radius 3 is 0.966 bits per heavy atom. The van der Waals surface area contributed by atoms with Crippen LogP contribution in [0.2, 0.25) is 0 Å². The van der Waals surface area contributed by atoms with E-state index < -0.39 is 11.9 Å². The van der Waals surface area contributed by atoms with E-state index in [9.17, 15) is 30.0 Å². The molecule has 0 aromatic heterocycles. The number of hydrogen-bond donors (Lipinski definition) is 2. The minimum absolute atomic E-state index is 0. The van der Waals surface area contributed by atoms with Crippen molar-refractivity contribution in [2.24, 2.45) is 0 Å². The Hall–Kier alpha value is -1.21. The second-order valence-electron chi connectivity index (χ2n) is 16.3. The molecule has 0 radical (unpaired) electrons. The van der Waals surface area contributed by atoms with Crippen LogP contribution in [0.25, 0.3) is 0 Å². The number of carboxylic acids is 2. The summed E-state index contributed by atoms with van der Waals surface area (Å²) in [7, 11) is 0. The molecule has 8 nitrogen and oxygen atoms in total. The van der Waals surface area contributed by atoms with Crippen LogP contribution in [-0.2, 0) is 32.3 Å². The first-order valence-corrected chi connectivity index (χ1v) is 23.3. The van der Waals surface area contributed by atoms with Crippen LogP contribution in [0.5, 0.6) is 0 Å². The molecule has 2 aromatic carbocycles. The van der Waals surface area contributed by atoms with Crippen LogP contribution in [0.15, 0.2) is 60.7 Å². The van der Waals surface area contributed by atoms with Gasteiger partial charge in [-0.05, 0) is 49.7 Å². The van der Waals surface area contributed by atoms with E-state index in [4.69, 9.17) is 9.47 Å². The third kappa shape index (κ3) is 38.2. The van der Waals surface area contributed by atoms with Gasteiger partial charge in [-0.1, -0.05) is 203 Å². The summed E-state index contributed by atoms with van der Waals surface area (Å²) in [4.78, 5) is 21.9. The molecular formula is C50H82BaO8. The monoisotopic (exact) mass is 949 g/mol. The summed E-state index contributed by atoms with van der Waals surface area (Å²) in [6, 6.07) is 19.7. The second kappa shape index (κ2) is 42.1. The van der Waals surface area contributed by atoms with Crippen molar-refractivity contribution >= 4 is 60.8 Å². The van der Waals surface area contributed by atoms with E-state index in [0.29, 0.717) is 13.2 Å². The molecule has 0 heterocycles. The van der Waals surface area contributed by atoms with E-state index in [-0.39, 0.29) is 86.1 Å². The zero-order valence-corrected chi connectivity index (χ0v) is 41.8. The number of benzene rings is 2. The Morgan fingerprint density at radius 2 is 0.712 bits per heavy atom. The molecule has 2 N–H and O–H groups in total. The molecule has 0 aliphatic rings. The fourth-order valence-corrected chi connectivity index (χ4v) is 7.18. The van der Waals surface area contributed by atoms with Gasteiger partial charge in [0.1, 0.15) is 0 Å². The van der Waals surface area contributed by atoms with Crippen LogP contribution < -0.4 is 10.2 Å². The standard InChI is InChI=1S/2C25H42O4.Ba/c2*1-2-23(26)18-14-9-7-5-3-4-6-8-10-15-19-24(20-25(27)28)29-21-22-16-12-11-13-17-22;/h2*11-13,16-17,23-24,26H,2-10,14-15,18-21H2,1H3,(H,27,28);/q;;+2/p-2. The van der Waals surface area contributed by atoms with E-state index in [1.807, 2.05) is 74.5 Å². The third-order valence-corrected chi connectivity index (χ3v) is 11.0. The molecule has 4 unspecified atom stereocenters. The molecule has 2 aromatic rings. The maximum Gasteiger partial charge on any atom is 2.00 e. The fourth-order valence-electron chi connectivity index (χ4n) is 7.18. The first-order valence-electron chi connectivity index (χ1n) is 23.3.